The molecule has 0 saturated carbocycles. The van der Waals surface area contributed by atoms with Crippen molar-refractivity contribution in [2.45, 2.75) is 19.6 Å². The summed E-state index contributed by atoms with van der Waals surface area (Å²) in [6.07, 6.45) is 1.33. The molecule has 0 unspecified atom stereocenters. The van der Waals surface area contributed by atoms with Crippen molar-refractivity contribution in [3.05, 3.63) is 46.4 Å². The second-order valence-corrected chi connectivity index (χ2v) is 9.11. The van der Waals surface area contributed by atoms with Crippen LogP contribution in [0, 0.1) is 5.92 Å². The first-order valence-electron chi connectivity index (χ1n) is 9.20. The minimum Gasteiger partial charge on any atom is -0.493 e. The van der Waals surface area contributed by atoms with E-state index in [1.165, 1.54) is 32.5 Å². The first-order chi connectivity index (χ1) is 14.1. The number of pyridine rings is 1. The SMILES string of the molecule is COc1ccc(NC(=O)CS(=O)(=O)Cc2cc(=O)c(OCC(C)C)c[nH]2)cc1OC. The molecule has 0 fully saturated rings. The zero-order valence-corrected chi connectivity index (χ0v) is 18.2. The number of hydrogen-bond acceptors (Lipinski definition) is 7. The van der Waals surface area contributed by atoms with Gasteiger partial charge < -0.3 is 24.5 Å². The van der Waals surface area contributed by atoms with Gasteiger partial charge in [-0.05, 0) is 18.1 Å². The molecule has 1 aromatic heterocycles. The fourth-order valence-corrected chi connectivity index (χ4v) is 3.77. The summed E-state index contributed by atoms with van der Waals surface area (Å²) in [6, 6.07) is 5.85. The van der Waals surface area contributed by atoms with Crippen molar-refractivity contribution in [1.29, 1.82) is 0 Å². The van der Waals surface area contributed by atoms with E-state index >= 15 is 0 Å². The van der Waals surface area contributed by atoms with Crippen molar-refractivity contribution in [1.82, 2.24) is 4.98 Å². The number of rotatable bonds is 10. The average molecular weight is 439 g/mol. The fourth-order valence-electron chi connectivity index (χ4n) is 2.55. The summed E-state index contributed by atoms with van der Waals surface area (Å²) in [7, 11) is -0.882. The lowest BCUT2D eigenvalue weighted by Gasteiger charge is -2.11. The molecular weight excluding hydrogens is 412 g/mol. The molecule has 0 aliphatic heterocycles. The van der Waals surface area contributed by atoms with Crippen molar-refractivity contribution in [2.75, 3.05) is 31.9 Å². The zero-order valence-electron chi connectivity index (χ0n) is 17.4. The van der Waals surface area contributed by atoms with Gasteiger partial charge in [-0.15, -0.1) is 0 Å². The van der Waals surface area contributed by atoms with Gasteiger partial charge in [-0.1, -0.05) is 13.8 Å². The Bertz CT molecular complexity index is 1050. The van der Waals surface area contributed by atoms with Crippen LogP contribution in [0.2, 0.25) is 0 Å². The van der Waals surface area contributed by atoms with Crippen LogP contribution in [0.5, 0.6) is 17.2 Å². The highest BCUT2D eigenvalue weighted by atomic mass is 32.2. The van der Waals surface area contributed by atoms with E-state index in [1.807, 2.05) is 13.8 Å². The minimum absolute atomic E-state index is 0.121. The van der Waals surface area contributed by atoms with Gasteiger partial charge in [0.15, 0.2) is 27.1 Å². The highest BCUT2D eigenvalue weighted by Gasteiger charge is 2.19. The van der Waals surface area contributed by atoms with Crippen LogP contribution in [0.3, 0.4) is 0 Å². The molecule has 0 bridgehead atoms. The lowest BCUT2D eigenvalue weighted by molar-refractivity contribution is -0.113. The van der Waals surface area contributed by atoms with E-state index in [0.717, 1.165) is 0 Å². The predicted octanol–water partition coefficient (Wildman–Crippen LogP) is 1.98. The van der Waals surface area contributed by atoms with Crippen molar-refractivity contribution in [3.63, 3.8) is 0 Å². The van der Waals surface area contributed by atoms with E-state index in [9.17, 15) is 18.0 Å². The van der Waals surface area contributed by atoms with E-state index in [1.54, 1.807) is 12.1 Å². The summed E-state index contributed by atoms with van der Waals surface area (Å²) in [4.78, 5) is 27.0. The normalized spacial score (nSPS) is 11.2. The molecule has 0 aliphatic carbocycles. The monoisotopic (exact) mass is 438 g/mol. The molecule has 10 heteroatoms. The van der Waals surface area contributed by atoms with E-state index < -0.39 is 32.7 Å². The summed E-state index contributed by atoms with van der Waals surface area (Å²) >= 11 is 0. The number of H-pyrrole nitrogens is 1. The molecular formula is C20H26N2O7S. The van der Waals surface area contributed by atoms with E-state index in [4.69, 9.17) is 14.2 Å². The topological polar surface area (TPSA) is 124 Å². The molecule has 0 saturated heterocycles. The third kappa shape index (κ3) is 6.80. The third-order valence-electron chi connectivity index (χ3n) is 3.90. The van der Waals surface area contributed by atoms with Crippen LogP contribution >= 0.6 is 0 Å². The Morgan fingerprint density at radius 3 is 2.40 bits per heavy atom. The maximum absolute atomic E-state index is 12.4. The number of aromatic nitrogens is 1. The highest BCUT2D eigenvalue weighted by molar-refractivity contribution is 7.91. The largest absolute Gasteiger partial charge is 0.493 e. The Balaban J connectivity index is 2.02. The molecule has 0 spiro atoms. The zero-order chi connectivity index (χ0) is 22.3. The van der Waals surface area contributed by atoms with Gasteiger partial charge in [-0.2, -0.15) is 0 Å². The number of carbonyl (C=O) groups excluding carboxylic acids is 1. The molecule has 0 atom stereocenters. The molecule has 1 aromatic carbocycles. The maximum atomic E-state index is 12.4. The summed E-state index contributed by atoms with van der Waals surface area (Å²) in [6.45, 7) is 4.27. The number of nitrogens with one attached hydrogen (secondary N) is 2. The number of sulfone groups is 1. The highest BCUT2D eigenvalue weighted by Crippen LogP contribution is 2.29. The third-order valence-corrected chi connectivity index (χ3v) is 5.36. The standard InChI is InChI=1S/C20H26N2O7S/c1-13(2)10-29-19-9-21-15(7-16(19)23)11-30(25,26)12-20(24)22-14-5-6-17(27-3)18(8-14)28-4/h5-9,13H,10-12H2,1-4H3,(H,21,23)(H,22,24). The molecule has 2 N–H and O–H groups in total. The van der Waals surface area contributed by atoms with Crippen molar-refractivity contribution in [3.8, 4) is 17.2 Å². The van der Waals surface area contributed by atoms with Crippen LogP contribution in [-0.4, -0.2) is 45.9 Å². The molecule has 2 rings (SSSR count). The number of anilines is 1. The molecule has 164 valence electrons. The van der Waals surface area contributed by atoms with Crippen molar-refractivity contribution < 1.29 is 27.4 Å². The van der Waals surface area contributed by atoms with Gasteiger partial charge in [0, 0.05) is 29.7 Å². The molecule has 0 radical (unpaired) electrons. The number of carbonyl (C=O) groups is 1. The van der Waals surface area contributed by atoms with Gasteiger partial charge in [0.05, 0.1) is 26.6 Å². The van der Waals surface area contributed by atoms with Crippen molar-refractivity contribution >= 4 is 21.4 Å². The number of ether oxygens (including phenoxy) is 3. The summed E-state index contributed by atoms with van der Waals surface area (Å²) in [5.74, 6) is -0.685. The lowest BCUT2D eigenvalue weighted by atomic mass is 10.2. The van der Waals surface area contributed by atoms with Crippen LogP contribution < -0.4 is 25.0 Å². The Morgan fingerprint density at radius 1 is 1.10 bits per heavy atom. The van der Waals surface area contributed by atoms with Crippen LogP contribution in [0.25, 0.3) is 0 Å². The van der Waals surface area contributed by atoms with Crippen molar-refractivity contribution in [2.24, 2.45) is 5.92 Å². The molecule has 30 heavy (non-hydrogen) atoms. The van der Waals surface area contributed by atoms with Crippen LogP contribution in [0.4, 0.5) is 5.69 Å². The Morgan fingerprint density at radius 2 is 1.80 bits per heavy atom. The molecule has 0 aliphatic rings. The Labute approximate surface area is 175 Å². The minimum atomic E-state index is -3.82. The van der Waals surface area contributed by atoms with E-state index in [-0.39, 0.29) is 17.4 Å². The number of amides is 1. The van der Waals surface area contributed by atoms with Crippen LogP contribution in [0.1, 0.15) is 19.5 Å². The Hall–Kier alpha value is -3.01. The molecule has 9 nitrogen and oxygen atoms in total. The van der Waals surface area contributed by atoms with Gasteiger partial charge in [-0.25, -0.2) is 8.42 Å². The second-order valence-electron chi connectivity index (χ2n) is 7.04. The van der Waals surface area contributed by atoms with Gasteiger partial charge in [-0.3, -0.25) is 9.59 Å². The van der Waals surface area contributed by atoms with Crippen LogP contribution in [-0.2, 0) is 20.4 Å². The summed E-state index contributed by atoms with van der Waals surface area (Å²) in [5, 5.41) is 2.51. The van der Waals surface area contributed by atoms with Gasteiger partial charge in [0.1, 0.15) is 5.75 Å². The fraction of sp³-hybridized carbons (Fsp3) is 0.400. The average Bonchev–Trinajstić information content (AvgIpc) is 2.66. The smallest absolute Gasteiger partial charge is 0.239 e. The van der Waals surface area contributed by atoms with Crippen LogP contribution in [0.15, 0.2) is 35.3 Å². The van der Waals surface area contributed by atoms with E-state index in [0.29, 0.717) is 23.8 Å². The first kappa shape index (κ1) is 23.3. The lowest BCUT2D eigenvalue weighted by Crippen LogP contribution is -2.24. The molecule has 1 heterocycles. The molecule has 2 aromatic rings. The number of hydrogen-bond donors (Lipinski definition) is 2. The molecule has 1 amide bonds. The quantitative estimate of drug-likeness (QED) is 0.581. The van der Waals surface area contributed by atoms with Gasteiger partial charge >= 0.3 is 0 Å². The van der Waals surface area contributed by atoms with Gasteiger partial charge in [0.2, 0.25) is 11.3 Å². The summed E-state index contributed by atoms with van der Waals surface area (Å²) in [5.41, 5.74) is 0.123. The maximum Gasteiger partial charge on any atom is 0.239 e. The Kier molecular flexibility index (Phi) is 7.87. The van der Waals surface area contributed by atoms with E-state index in [2.05, 4.69) is 10.3 Å². The second kappa shape index (κ2) is 10.1. The first-order valence-corrected chi connectivity index (χ1v) is 11.0. The summed E-state index contributed by atoms with van der Waals surface area (Å²) < 4.78 is 40.4. The van der Waals surface area contributed by atoms with Gasteiger partial charge in [0.25, 0.3) is 0 Å². The number of methoxy groups -OCH3 is 2. The number of aromatic amines is 1. The number of benzene rings is 1. The predicted molar refractivity (Wildman–Crippen MR) is 113 cm³/mol.